The molecule has 0 bridgehead atoms. The van der Waals surface area contributed by atoms with Crippen molar-refractivity contribution in [1.29, 1.82) is 10.5 Å². The summed E-state index contributed by atoms with van der Waals surface area (Å²) in [4.78, 5) is 4.29. The van der Waals surface area contributed by atoms with Crippen LogP contribution in [-0.4, -0.2) is 28.4 Å². The summed E-state index contributed by atoms with van der Waals surface area (Å²) in [5.74, 6) is -0.612. The molecule has 3 aromatic rings. The van der Waals surface area contributed by atoms with Crippen molar-refractivity contribution in [2.75, 3.05) is 7.11 Å². The van der Waals surface area contributed by atoms with Crippen molar-refractivity contribution in [2.45, 2.75) is 50.4 Å². The van der Waals surface area contributed by atoms with Crippen LogP contribution in [0.2, 0.25) is 0 Å². The lowest BCUT2D eigenvalue weighted by molar-refractivity contribution is -0.152. The van der Waals surface area contributed by atoms with E-state index in [4.69, 9.17) is 9.47 Å². The Morgan fingerprint density at radius 2 is 1.73 bits per heavy atom. The molecule has 7 nitrogen and oxygen atoms in total. The molecule has 37 heavy (non-hydrogen) atoms. The number of pyridine rings is 1. The predicted molar refractivity (Wildman–Crippen MR) is 136 cm³/mol. The van der Waals surface area contributed by atoms with Gasteiger partial charge in [-0.2, -0.15) is 10.5 Å². The molecule has 1 aliphatic heterocycles. The standard InChI is InChI=1S/C30H29N3O4/c1-28(2,3)15-22-24(19-8-6-5-7-9-19)30(20-12-10-18(16-31)11-13-20)29(35,26(22)34)25-23(37-30)14-21(17-32)33-27(25)36-4/h5-14,22,24,26,34-35H,15H2,1-4H3. The molecule has 5 rings (SSSR count). The molecule has 2 aliphatic rings. The maximum absolute atomic E-state index is 12.8. The van der Waals surface area contributed by atoms with Crippen LogP contribution in [0.15, 0.2) is 60.7 Å². The molecule has 0 spiro atoms. The van der Waals surface area contributed by atoms with Crippen molar-refractivity contribution < 1.29 is 19.7 Å². The second kappa shape index (κ2) is 8.59. The lowest BCUT2D eigenvalue weighted by Gasteiger charge is -2.41. The van der Waals surface area contributed by atoms with Gasteiger partial charge in [0.25, 0.3) is 0 Å². The molecule has 7 heteroatoms. The molecule has 1 aliphatic carbocycles. The third-order valence-electron chi connectivity index (χ3n) is 7.63. The molecule has 1 saturated carbocycles. The number of hydrogen-bond acceptors (Lipinski definition) is 7. The van der Waals surface area contributed by atoms with E-state index in [2.05, 4.69) is 31.8 Å². The van der Waals surface area contributed by atoms with Crippen LogP contribution in [0.3, 0.4) is 0 Å². The number of nitriles is 2. The maximum atomic E-state index is 12.8. The lowest BCUT2D eigenvalue weighted by atomic mass is 9.69. The van der Waals surface area contributed by atoms with E-state index in [1.807, 2.05) is 36.4 Å². The minimum Gasteiger partial charge on any atom is -0.481 e. The van der Waals surface area contributed by atoms with Crippen molar-refractivity contribution in [3.63, 3.8) is 0 Å². The number of ether oxygens (including phenoxy) is 2. The summed E-state index contributed by atoms with van der Waals surface area (Å²) in [6.45, 7) is 6.30. The van der Waals surface area contributed by atoms with Gasteiger partial charge in [-0.25, -0.2) is 4.98 Å². The van der Waals surface area contributed by atoms with Crippen molar-refractivity contribution in [2.24, 2.45) is 11.3 Å². The van der Waals surface area contributed by atoms with E-state index in [0.717, 1.165) is 5.56 Å². The Bertz CT molecular complexity index is 1420. The van der Waals surface area contributed by atoms with E-state index in [1.165, 1.54) is 13.2 Å². The topological polar surface area (TPSA) is 119 Å². The van der Waals surface area contributed by atoms with Crippen molar-refractivity contribution in [3.05, 3.63) is 88.6 Å². The molecule has 2 aromatic carbocycles. The molecule has 1 fully saturated rings. The zero-order valence-electron chi connectivity index (χ0n) is 21.3. The smallest absolute Gasteiger partial charge is 0.224 e. The number of aliphatic hydroxyl groups excluding tert-OH is 1. The molecular formula is C30H29N3O4. The first-order valence-corrected chi connectivity index (χ1v) is 12.3. The summed E-state index contributed by atoms with van der Waals surface area (Å²) < 4.78 is 12.3. The summed E-state index contributed by atoms with van der Waals surface area (Å²) in [7, 11) is 1.41. The van der Waals surface area contributed by atoms with Crippen LogP contribution in [0.25, 0.3) is 0 Å². The summed E-state index contributed by atoms with van der Waals surface area (Å²) in [6.07, 6.45) is -0.656. The third-order valence-corrected chi connectivity index (χ3v) is 7.63. The Labute approximate surface area is 216 Å². The van der Waals surface area contributed by atoms with Gasteiger partial charge in [0.05, 0.1) is 30.4 Å². The van der Waals surface area contributed by atoms with E-state index >= 15 is 0 Å². The average molecular weight is 496 g/mol. The first kappa shape index (κ1) is 24.8. The molecule has 1 aromatic heterocycles. The highest BCUT2D eigenvalue weighted by Crippen LogP contribution is 2.70. The van der Waals surface area contributed by atoms with E-state index in [0.29, 0.717) is 17.5 Å². The number of benzene rings is 2. The van der Waals surface area contributed by atoms with Crippen LogP contribution >= 0.6 is 0 Å². The predicted octanol–water partition coefficient (Wildman–Crippen LogP) is 4.52. The van der Waals surface area contributed by atoms with Crippen LogP contribution in [0.4, 0.5) is 0 Å². The van der Waals surface area contributed by atoms with E-state index in [9.17, 15) is 20.7 Å². The highest BCUT2D eigenvalue weighted by Gasteiger charge is 2.77. The van der Waals surface area contributed by atoms with Gasteiger partial charge < -0.3 is 19.7 Å². The first-order valence-electron chi connectivity index (χ1n) is 12.3. The molecule has 5 atom stereocenters. The first-order chi connectivity index (χ1) is 17.6. The number of hydrogen-bond donors (Lipinski definition) is 2. The zero-order valence-corrected chi connectivity index (χ0v) is 21.3. The molecule has 0 amide bonds. The molecule has 2 heterocycles. The highest BCUT2D eigenvalue weighted by molar-refractivity contribution is 5.60. The lowest BCUT2D eigenvalue weighted by Crippen LogP contribution is -2.52. The van der Waals surface area contributed by atoms with Gasteiger partial charge in [0.15, 0.2) is 11.2 Å². The maximum Gasteiger partial charge on any atom is 0.224 e. The van der Waals surface area contributed by atoms with Gasteiger partial charge in [-0.3, -0.25) is 0 Å². The van der Waals surface area contributed by atoms with Crippen LogP contribution in [0, 0.1) is 34.0 Å². The second-order valence-electron chi connectivity index (χ2n) is 11.1. The second-order valence-corrected chi connectivity index (χ2v) is 11.1. The Kier molecular flexibility index (Phi) is 5.75. The van der Waals surface area contributed by atoms with E-state index in [1.54, 1.807) is 24.3 Å². The Hall–Kier alpha value is -3.91. The monoisotopic (exact) mass is 495 g/mol. The van der Waals surface area contributed by atoms with Crippen LogP contribution in [0.1, 0.15) is 61.1 Å². The Morgan fingerprint density at radius 1 is 1.05 bits per heavy atom. The van der Waals surface area contributed by atoms with Crippen LogP contribution in [0.5, 0.6) is 11.6 Å². The van der Waals surface area contributed by atoms with Crippen molar-refractivity contribution in [1.82, 2.24) is 4.98 Å². The molecule has 0 saturated heterocycles. The van der Waals surface area contributed by atoms with E-state index < -0.39 is 29.1 Å². The number of methoxy groups -OCH3 is 1. The van der Waals surface area contributed by atoms with Gasteiger partial charge in [-0.1, -0.05) is 63.2 Å². The number of aromatic nitrogens is 1. The fourth-order valence-corrected chi connectivity index (χ4v) is 6.36. The van der Waals surface area contributed by atoms with Crippen molar-refractivity contribution in [3.8, 4) is 23.8 Å². The van der Waals surface area contributed by atoms with Gasteiger partial charge in [-0.05, 0) is 41.0 Å². The zero-order chi connectivity index (χ0) is 26.6. The molecule has 2 N–H and O–H groups in total. The summed E-state index contributed by atoms with van der Waals surface area (Å²) >= 11 is 0. The SMILES string of the molecule is COc1nc(C#N)cc2c1C1(O)C(O)C(CC(C)(C)C)C(c3ccccc3)C1(c1ccc(C#N)cc1)O2. The molecular weight excluding hydrogens is 466 g/mol. The summed E-state index contributed by atoms with van der Waals surface area (Å²) in [6, 6.07) is 22.3. The number of nitrogens with zero attached hydrogens (tertiary/aromatic N) is 3. The van der Waals surface area contributed by atoms with Crippen LogP contribution in [-0.2, 0) is 11.2 Å². The summed E-state index contributed by atoms with van der Waals surface area (Å²) in [5.41, 5.74) is -1.34. The fraction of sp³-hybridized carbons (Fsp3) is 0.367. The molecule has 5 unspecified atom stereocenters. The molecule has 188 valence electrons. The van der Waals surface area contributed by atoms with Crippen LogP contribution < -0.4 is 9.47 Å². The van der Waals surface area contributed by atoms with Gasteiger partial charge in [0.2, 0.25) is 5.88 Å². The highest BCUT2D eigenvalue weighted by atomic mass is 16.5. The van der Waals surface area contributed by atoms with Gasteiger partial charge in [0.1, 0.15) is 17.5 Å². The van der Waals surface area contributed by atoms with Gasteiger partial charge >= 0.3 is 0 Å². The van der Waals surface area contributed by atoms with Crippen molar-refractivity contribution >= 4 is 0 Å². The summed E-state index contributed by atoms with van der Waals surface area (Å²) in [5, 5.41) is 43.9. The Balaban J connectivity index is 1.88. The quantitative estimate of drug-likeness (QED) is 0.546. The number of rotatable bonds is 4. The minimum atomic E-state index is -1.96. The fourth-order valence-electron chi connectivity index (χ4n) is 6.36. The van der Waals surface area contributed by atoms with Gasteiger partial charge in [-0.15, -0.1) is 0 Å². The molecule has 0 radical (unpaired) electrons. The Morgan fingerprint density at radius 3 is 2.30 bits per heavy atom. The number of fused-ring (bicyclic) bond motifs is 3. The minimum absolute atomic E-state index is 0.0364. The third kappa shape index (κ3) is 3.50. The normalized spacial score (nSPS) is 27.9. The average Bonchev–Trinajstić information content (AvgIpc) is 3.26. The number of aliphatic hydroxyl groups is 2. The van der Waals surface area contributed by atoms with Gasteiger partial charge in [0, 0.05) is 12.0 Å². The van der Waals surface area contributed by atoms with E-state index in [-0.39, 0.29) is 28.3 Å². The largest absolute Gasteiger partial charge is 0.481 e.